The van der Waals surface area contributed by atoms with Gasteiger partial charge < -0.3 is 5.73 Å². The summed E-state index contributed by atoms with van der Waals surface area (Å²) in [5, 5.41) is 0.448. The molecule has 0 saturated heterocycles. The fourth-order valence-electron chi connectivity index (χ4n) is 1.78. The molecule has 5 nitrogen and oxygen atoms in total. The van der Waals surface area contributed by atoms with Crippen molar-refractivity contribution in [3.05, 3.63) is 29.3 Å². The lowest BCUT2D eigenvalue weighted by Gasteiger charge is -2.15. The van der Waals surface area contributed by atoms with Crippen molar-refractivity contribution in [1.82, 2.24) is 4.72 Å². The average molecular weight is 303 g/mol. The first-order valence-corrected chi connectivity index (χ1v) is 7.82. The number of nitrogens with two attached hydrogens (primary N) is 1. The molecule has 1 aromatic rings. The van der Waals surface area contributed by atoms with Crippen molar-refractivity contribution in [2.45, 2.75) is 30.2 Å². The Bertz CT molecular complexity index is 567. The summed E-state index contributed by atoms with van der Waals surface area (Å²) in [7, 11) is -3.75. The molecule has 104 valence electrons. The number of halogens is 1. The molecular weight excluding hydrogens is 288 g/mol. The molecule has 3 N–H and O–H groups in total. The van der Waals surface area contributed by atoms with Gasteiger partial charge in [-0.2, -0.15) is 4.72 Å². The first-order valence-electron chi connectivity index (χ1n) is 5.96. The molecule has 1 aromatic carbocycles. The Morgan fingerprint density at radius 2 is 1.95 bits per heavy atom. The minimum Gasteiger partial charge on any atom is -0.368 e. The van der Waals surface area contributed by atoms with E-state index in [9.17, 15) is 13.2 Å². The highest BCUT2D eigenvalue weighted by atomic mass is 35.5. The second-order valence-electron chi connectivity index (χ2n) is 4.71. The number of carbonyl (C=O) groups excluding carboxylic acids is 1. The highest BCUT2D eigenvalue weighted by molar-refractivity contribution is 7.89. The molecule has 0 bridgehead atoms. The molecule has 1 aliphatic rings. The highest BCUT2D eigenvalue weighted by Gasteiger charge is 2.31. The largest absolute Gasteiger partial charge is 0.368 e. The number of amides is 1. The van der Waals surface area contributed by atoms with Crippen LogP contribution in [0, 0.1) is 5.92 Å². The van der Waals surface area contributed by atoms with Crippen molar-refractivity contribution >= 4 is 27.5 Å². The van der Waals surface area contributed by atoms with Gasteiger partial charge in [-0.25, -0.2) is 8.42 Å². The lowest BCUT2D eigenvalue weighted by molar-refractivity contribution is -0.119. The zero-order chi connectivity index (χ0) is 14.0. The molecule has 2 rings (SSSR count). The van der Waals surface area contributed by atoms with Gasteiger partial charge in [-0.15, -0.1) is 0 Å². The predicted molar refractivity (Wildman–Crippen MR) is 72.1 cm³/mol. The summed E-state index contributed by atoms with van der Waals surface area (Å²) in [6.45, 7) is 0. The molecule has 1 atom stereocenters. The number of primary amides is 1. The molecular formula is C12H15ClN2O3S. The Kier molecular flexibility index (Phi) is 4.13. The van der Waals surface area contributed by atoms with E-state index in [1.165, 1.54) is 24.3 Å². The van der Waals surface area contributed by atoms with Gasteiger partial charge in [-0.3, -0.25) is 4.79 Å². The summed E-state index contributed by atoms with van der Waals surface area (Å²) < 4.78 is 26.6. The van der Waals surface area contributed by atoms with Crippen molar-refractivity contribution in [1.29, 1.82) is 0 Å². The monoisotopic (exact) mass is 302 g/mol. The van der Waals surface area contributed by atoms with Crippen LogP contribution in [0.3, 0.4) is 0 Å². The third kappa shape index (κ3) is 3.92. The van der Waals surface area contributed by atoms with Crippen LogP contribution < -0.4 is 10.5 Å². The molecule has 1 unspecified atom stereocenters. The van der Waals surface area contributed by atoms with Gasteiger partial charge in [0.25, 0.3) is 0 Å². The fourth-order valence-corrected chi connectivity index (χ4v) is 3.12. The highest BCUT2D eigenvalue weighted by Crippen LogP contribution is 2.33. The number of hydrogen-bond donors (Lipinski definition) is 2. The van der Waals surface area contributed by atoms with Gasteiger partial charge in [0, 0.05) is 5.02 Å². The van der Waals surface area contributed by atoms with Crippen LogP contribution in [0.15, 0.2) is 29.2 Å². The van der Waals surface area contributed by atoms with E-state index in [1.54, 1.807) is 0 Å². The SMILES string of the molecule is NC(=O)C(CC1CC1)NS(=O)(=O)c1ccc(Cl)cc1. The van der Waals surface area contributed by atoms with Crippen LogP contribution >= 0.6 is 11.6 Å². The van der Waals surface area contributed by atoms with Crippen molar-refractivity contribution in [2.75, 3.05) is 0 Å². The smallest absolute Gasteiger partial charge is 0.241 e. The number of sulfonamides is 1. The molecule has 0 aromatic heterocycles. The first-order chi connectivity index (χ1) is 8.88. The topological polar surface area (TPSA) is 89.3 Å². The normalized spacial score (nSPS) is 17.1. The van der Waals surface area contributed by atoms with E-state index in [1.807, 2.05) is 0 Å². The van der Waals surface area contributed by atoms with E-state index in [0.29, 0.717) is 17.4 Å². The second kappa shape index (κ2) is 5.48. The lowest BCUT2D eigenvalue weighted by atomic mass is 10.1. The first kappa shape index (κ1) is 14.3. The van der Waals surface area contributed by atoms with Crippen molar-refractivity contribution in [3.8, 4) is 0 Å². The average Bonchev–Trinajstić information content (AvgIpc) is 3.12. The van der Waals surface area contributed by atoms with E-state index in [4.69, 9.17) is 17.3 Å². The zero-order valence-corrected chi connectivity index (χ0v) is 11.7. The van der Waals surface area contributed by atoms with Gasteiger partial charge in [0.2, 0.25) is 15.9 Å². The molecule has 19 heavy (non-hydrogen) atoms. The van der Waals surface area contributed by atoms with Gasteiger partial charge in [-0.05, 0) is 36.6 Å². The third-order valence-electron chi connectivity index (χ3n) is 3.03. The molecule has 1 saturated carbocycles. The van der Waals surface area contributed by atoms with Crippen molar-refractivity contribution in [2.24, 2.45) is 11.7 Å². The molecule has 1 fully saturated rings. The minimum atomic E-state index is -3.75. The Balaban J connectivity index is 2.13. The number of benzene rings is 1. The number of hydrogen-bond acceptors (Lipinski definition) is 3. The predicted octanol–water partition coefficient (Wildman–Crippen LogP) is 1.27. The van der Waals surface area contributed by atoms with Crippen LogP contribution in [-0.4, -0.2) is 20.4 Å². The lowest BCUT2D eigenvalue weighted by Crippen LogP contribution is -2.44. The molecule has 0 spiro atoms. The molecule has 7 heteroatoms. The van der Waals surface area contributed by atoms with Crippen LogP contribution in [0.1, 0.15) is 19.3 Å². The number of carbonyl (C=O) groups is 1. The fraction of sp³-hybridized carbons (Fsp3) is 0.417. The zero-order valence-electron chi connectivity index (χ0n) is 10.2. The molecule has 0 radical (unpaired) electrons. The standard InChI is InChI=1S/C12H15ClN2O3S/c13-9-3-5-10(6-4-9)19(17,18)15-11(12(14)16)7-8-1-2-8/h3-6,8,11,15H,1-2,7H2,(H2,14,16). The van der Waals surface area contributed by atoms with Crippen LogP contribution in [0.25, 0.3) is 0 Å². The maximum Gasteiger partial charge on any atom is 0.241 e. The van der Waals surface area contributed by atoms with Gasteiger partial charge in [-0.1, -0.05) is 24.4 Å². The van der Waals surface area contributed by atoms with E-state index < -0.39 is 22.0 Å². The summed E-state index contributed by atoms with van der Waals surface area (Å²) >= 11 is 5.71. The van der Waals surface area contributed by atoms with Gasteiger partial charge in [0.15, 0.2) is 0 Å². The summed E-state index contributed by atoms with van der Waals surface area (Å²) in [4.78, 5) is 11.4. The van der Waals surface area contributed by atoms with Crippen molar-refractivity contribution in [3.63, 3.8) is 0 Å². The van der Waals surface area contributed by atoms with Crippen LogP contribution in [0.2, 0.25) is 5.02 Å². The Morgan fingerprint density at radius 1 is 1.37 bits per heavy atom. The van der Waals surface area contributed by atoms with Crippen LogP contribution in [0.5, 0.6) is 0 Å². The molecule has 1 amide bonds. The van der Waals surface area contributed by atoms with Gasteiger partial charge in [0.05, 0.1) is 4.90 Å². The molecule has 0 aliphatic heterocycles. The Morgan fingerprint density at radius 3 is 2.42 bits per heavy atom. The summed E-state index contributed by atoms with van der Waals surface area (Å²) in [6.07, 6.45) is 2.50. The van der Waals surface area contributed by atoms with Crippen LogP contribution in [0.4, 0.5) is 0 Å². The van der Waals surface area contributed by atoms with E-state index in [-0.39, 0.29) is 4.90 Å². The number of nitrogens with one attached hydrogen (secondary N) is 1. The number of rotatable bonds is 6. The second-order valence-corrected chi connectivity index (χ2v) is 6.86. The quantitative estimate of drug-likeness (QED) is 0.829. The maximum atomic E-state index is 12.1. The van der Waals surface area contributed by atoms with Gasteiger partial charge >= 0.3 is 0 Å². The molecule has 0 heterocycles. The maximum absolute atomic E-state index is 12.1. The minimum absolute atomic E-state index is 0.0685. The Hall–Kier alpha value is -1.11. The summed E-state index contributed by atoms with van der Waals surface area (Å²) in [6, 6.07) is 4.89. The summed E-state index contributed by atoms with van der Waals surface area (Å²) in [5.74, 6) is -0.255. The van der Waals surface area contributed by atoms with E-state index in [2.05, 4.69) is 4.72 Å². The van der Waals surface area contributed by atoms with Gasteiger partial charge in [0.1, 0.15) is 6.04 Å². The van der Waals surface area contributed by atoms with E-state index in [0.717, 1.165) is 12.8 Å². The van der Waals surface area contributed by atoms with E-state index >= 15 is 0 Å². The summed E-state index contributed by atoms with van der Waals surface area (Å²) in [5.41, 5.74) is 5.24. The van der Waals surface area contributed by atoms with Crippen LogP contribution in [-0.2, 0) is 14.8 Å². The van der Waals surface area contributed by atoms with Crippen molar-refractivity contribution < 1.29 is 13.2 Å². The molecule has 1 aliphatic carbocycles. The Labute approximate surface area is 117 Å². The third-order valence-corrected chi connectivity index (χ3v) is 4.77.